The van der Waals surface area contributed by atoms with E-state index in [-0.39, 0.29) is 28.9 Å². The van der Waals surface area contributed by atoms with Crippen LogP contribution in [0.1, 0.15) is 47.0 Å². The summed E-state index contributed by atoms with van der Waals surface area (Å²) in [5.41, 5.74) is 0.477. The van der Waals surface area contributed by atoms with Crippen molar-refractivity contribution in [1.82, 2.24) is 0 Å². The zero-order chi connectivity index (χ0) is 22.8. The Kier molecular flexibility index (Phi) is 8.04. The summed E-state index contributed by atoms with van der Waals surface area (Å²) in [5.74, 6) is -4.24. The van der Waals surface area contributed by atoms with Crippen molar-refractivity contribution in [3.8, 4) is 0 Å². The van der Waals surface area contributed by atoms with E-state index in [1.165, 1.54) is 36.4 Å². The largest absolute Gasteiger partial charge is 0.478 e. The number of carboxylic acid groups (broad SMARTS) is 3. The zero-order valence-electron chi connectivity index (χ0n) is 16.1. The molecule has 8 nitrogen and oxygen atoms in total. The Hall–Kier alpha value is -4.46. The van der Waals surface area contributed by atoms with Gasteiger partial charge in [-0.25, -0.2) is 19.2 Å². The number of benzene rings is 3. The smallest absolute Gasteiger partial charge is 0.339 e. The second-order valence-electron chi connectivity index (χ2n) is 6.07. The van der Waals surface area contributed by atoms with Gasteiger partial charge in [-0.3, -0.25) is 0 Å². The van der Waals surface area contributed by atoms with Gasteiger partial charge in [0.15, 0.2) is 0 Å². The Labute approximate surface area is 177 Å². The van der Waals surface area contributed by atoms with Crippen molar-refractivity contribution in [2.24, 2.45) is 0 Å². The van der Waals surface area contributed by atoms with Gasteiger partial charge in [-0.15, -0.1) is 0 Å². The Morgan fingerprint density at radius 2 is 0.903 bits per heavy atom. The molecule has 8 heteroatoms. The lowest BCUT2D eigenvalue weighted by Crippen LogP contribution is -2.11. The van der Waals surface area contributed by atoms with Gasteiger partial charge in [0.2, 0.25) is 0 Å². The molecule has 0 spiro atoms. The molecule has 0 radical (unpaired) electrons. The van der Waals surface area contributed by atoms with Crippen molar-refractivity contribution in [2.75, 3.05) is 0 Å². The molecular weight excluding hydrogens is 404 g/mol. The Bertz CT molecular complexity index is 1060. The minimum Gasteiger partial charge on any atom is -0.478 e. The molecule has 0 aliphatic heterocycles. The molecule has 0 amide bonds. The molecule has 3 N–H and O–H groups in total. The topological polar surface area (TPSA) is 138 Å². The zero-order valence-corrected chi connectivity index (χ0v) is 16.1. The van der Waals surface area contributed by atoms with Gasteiger partial charge in [0.25, 0.3) is 0 Å². The first-order valence-corrected chi connectivity index (χ1v) is 8.90. The monoisotopic (exact) mass is 422 g/mol. The minimum atomic E-state index is -1.23. The normalized spacial score (nSPS) is 9.68. The molecule has 0 bridgehead atoms. The number of rotatable bonds is 6. The molecule has 0 unspecified atom stereocenters. The summed E-state index contributed by atoms with van der Waals surface area (Å²) in [6.45, 7) is 0.119. The van der Waals surface area contributed by atoms with Gasteiger partial charge < -0.3 is 20.1 Å². The fourth-order valence-corrected chi connectivity index (χ4v) is 2.50. The van der Waals surface area contributed by atoms with Crippen molar-refractivity contribution in [3.05, 3.63) is 107 Å². The van der Waals surface area contributed by atoms with Gasteiger partial charge in [-0.2, -0.15) is 0 Å². The number of carbonyl (C=O) groups excluding carboxylic acids is 1. The summed E-state index contributed by atoms with van der Waals surface area (Å²) >= 11 is 0. The maximum absolute atomic E-state index is 11.9. The molecule has 0 saturated heterocycles. The molecule has 0 saturated carbocycles. The lowest BCUT2D eigenvalue weighted by molar-refractivity contribution is 0.0463. The highest BCUT2D eigenvalue weighted by Crippen LogP contribution is 2.12. The van der Waals surface area contributed by atoms with E-state index in [0.29, 0.717) is 0 Å². The van der Waals surface area contributed by atoms with E-state index in [2.05, 4.69) is 0 Å². The average Bonchev–Trinajstić information content (AvgIpc) is 2.78. The lowest BCUT2D eigenvalue weighted by atomic mass is 10.1. The standard InChI is InChI=1S/C15H12O4.C8H6O4/c16-14(17)12-8-4-5-9-13(12)15(18)19-10-11-6-2-1-3-7-11;9-7(10)5-3-1-2-4-6(5)8(11)12/h1-9H,10H2,(H,16,17);1-4H,(H,9,10)(H,11,12). The predicted octanol–water partition coefficient (Wildman–Crippen LogP) is 3.82. The van der Waals surface area contributed by atoms with E-state index in [9.17, 15) is 19.2 Å². The number of esters is 1. The average molecular weight is 422 g/mol. The van der Waals surface area contributed by atoms with Crippen LogP contribution in [0.4, 0.5) is 0 Å². The van der Waals surface area contributed by atoms with Crippen LogP contribution in [0.2, 0.25) is 0 Å². The molecule has 0 heterocycles. The van der Waals surface area contributed by atoms with Crippen molar-refractivity contribution in [2.45, 2.75) is 6.61 Å². The van der Waals surface area contributed by atoms with Gasteiger partial charge in [0.1, 0.15) is 6.61 Å². The van der Waals surface area contributed by atoms with Crippen LogP contribution in [0, 0.1) is 0 Å². The highest BCUT2D eigenvalue weighted by atomic mass is 16.5. The van der Waals surface area contributed by atoms with Crippen molar-refractivity contribution >= 4 is 23.9 Å². The summed E-state index contributed by atoms with van der Waals surface area (Å²) in [6.07, 6.45) is 0. The molecule has 0 aliphatic rings. The third-order valence-electron chi connectivity index (χ3n) is 3.98. The van der Waals surface area contributed by atoms with Gasteiger partial charge in [-0.05, 0) is 29.8 Å². The Balaban J connectivity index is 0.000000245. The molecule has 31 heavy (non-hydrogen) atoms. The first-order valence-electron chi connectivity index (χ1n) is 8.90. The molecule has 0 atom stereocenters. The molecular formula is C23H18O8. The summed E-state index contributed by atoms with van der Waals surface area (Å²) in [7, 11) is 0. The van der Waals surface area contributed by atoms with E-state index < -0.39 is 23.9 Å². The van der Waals surface area contributed by atoms with Crippen LogP contribution in [0.5, 0.6) is 0 Å². The molecule has 0 fully saturated rings. The van der Waals surface area contributed by atoms with Gasteiger partial charge >= 0.3 is 23.9 Å². The number of ether oxygens (including phenoxy) is 1. The highest BCUT2D eigenvalue weighted by Gasteiger charge is 2.17. The predicted molar refractivity (Wildman–Crippen MR) is 109 cm³/mol. The fraction of sp³-hybridized carbons (Fsp3) is 0.0435. The van der Waals surface area contributed by atoms with Crippen LogP contribution in [0.15, 0.2) is 78.9 Å². The number of carboxylic acids is 3. The van der Waals surface area contributed by atoms with E-state index in [1.807, 2.05) is 30.3 Å². The van der Waals surface area contributed by atoms with Gasteiger partial charge in [0, 0.05) is 0 Å². The minimum absolute atomic E-state index is 0.0550. The highest BCUT2D eigenvalue weighted by molar-refractivity contribution is 6.02. The van der Waals surface area contributed by atoms with Crippen LogP contribution in [-0.2, 0) is 11.3 Å². The van der Waals surface area contributed by atoms with E-state index in [4.69, 9.17) is 20.1 Å². The summed E-state index contributed by atoms with van der Waals surface area (Å²) in [6, 6.07) is 20.7. The molecule has 3 aromatic rings. The Morgan fingerprint density at radius 1 is 0.548 bits per heavy atom. The number of hydrogen-bond donors (Lipinski definition) is 3. The van der Waals surface area contributed by atoms with Gasteiger partial charge in [-0.1, -0.05) is 54.6 Å². The first-order chi connectivity index (χ1) is 14.8. The summed E-state index contributed by atoms with van der Waals surface area (Å²) in [5, 5.41) is 26.1. The quantitative estimate of drug-likeness (QED) is 0.510. The fourth-order valence-electron chi connectivity index (χ4n) is 2.50. The van der Waals surface area contributed by atoms with E-state index in [0.717, 1.165) is 5.56 Å². The molecule has 0 aromatic heterocycles. The second-order valence-corrected chi connectivity index (χ2v) is 6.07. The second kappa shape index (κ2) is 10.9. The van der Waals surface area contributed by atoms with Crippen molar-refractivity contribution < 1.29 is 39.2 Å². The Morgan fingerprint density at radius 3 is 1.32 bits per heavy atom. The third kappa shape index (κ3) is 6.53. The van der Waals surface area contributed by atoms with Crippen molar-refractivity contribution in [1.29, 1.82) is 0 Å². The van der Waals surface area contributed by atoms with Crippen LogP contribution >= 0.6 is 0 Å². The number of carbonyl (C=O) groups is 4. The number of aromatic carboxylic acids is 3. The molecule has 3 aromatic carbocycles. The summed E-state index contributed by atoms with van der Waals surface area (Å²) in [4.78, 5) is 43.8. The van der Waals surface area contributed by atoms with E-state index >= 15 is 0 Å². The first kappa shape index (κ1) is 22.8. The summed E-state index contributed by atoms with van der Waals surface area (Å²) < 4.78 is 5.10. The maximum Gasteiger partial charge on any atom is 0.339 e. The van der Waals surface area contributed by atoms with E-state index in [1.54, 1.807) is 12.1 Å². The van der Waals surface area contributed by atoms with Crippen LogP contribution in [0.25, 0.3) is 0 Å². The lowest BCUT2D eigenvalue weighted by Gasteiger charge is -2.07. The molecule has 158 valence electrons. The molecule has 3 rings (SSSR count). The van der Waals surface area contributed by atoms with Gasteiger partial charge in [0.05, 0.1) is 22.3 Å². The molecule has 0 aliphatic carbocycles. The van der Waals surface area contributed by atoms with Crippen LogP contribution in [0.3, 0.4) is 0 Å². The van der Waals surface area contributed by atoms with Crippen molar-refractivity contribution in [3.63, 3.8) is 0 Å². The van der Waals surface area contributed by atoms with Crippen LogP contribution < -0.4 is 0 Å². The maximum atomic E-state index is 11.9. The number of hydrogen-bond acceptors (Lipinski definition) is 5. The SMILES string of the molecule is O=C(O)c1ccccc1C(=O)O.O=C(O)c1ccccc1C(=O)OCc1ccccc1. The third-order valence-corrected chi connectivity index (χ3v) is 3.98. The van der Waals surface area contributed by atoms with Crippen LogP contribution in [-0.4, -0.2) is 39.2 Å².